The largest absolute Gasteiger partial charge is 0.490 e. The molecule has 0 amide bonds. The van der Waals surface area contributed by atoms with Crippen LogP contribution in [0.25, 0.3) is 0 Å². The van der Waals surface area contributed by atoms with Crippen molar-refractivity contribution in [3.05, 3.63) is 23.5 Å². The first-order chi connectivity index (χ1) is 15.9. The molecule has 0 bridgehead atoms. The SMILES string of the molecule is CC.CC(C)F.CCC(CC)Oc1ccnc2c1CN(CCCN1CC3(CCCO3)C1)CC2. The van der Waals surface area contributed by atoms with E-state index in [1.165, 1.54) is 50.9 Å². The molecule has 3 aliphatic rings. The molecule has 0 N–H and O–H groups in total. The van der Waals surface area contributed by atoms with Crippen molar-refractivity contribution in [1.29, 1.82) is 0 Å². The summed E-state index contributed by atoms with van der Waals surface area (Å²) in [4.78, 5) is 9.75. The van der Waals surface area contributed by atoms with E-state index in [1.54, 1.807) is 0 Å². The van der Waals surface area contributed by atoms with Crippen LogP contribution in [0.15, 0.2) is 12.3 Å². The normalized spacial score (nSPS) is 19.4. The summed E-state index contributed by atoms with van der Waals surface area (Å²) in [5.41, 5.74) is 2.78. The van der Waals surface area contributed by atoms with Crippen molar-refractivity contribution in [3.8, 4) is 5.75 Å². The van der Waals surface area contributed by atoms with E-state index in [2.05, 4.69) is 34.7 Å². The van der Waals surface area contributed by atoms with Crippen LogP contribution in [0, 0.1) is 0 Å². The molecular formula is C27H48FN3O2. The number of hydrogen-bond acceptors (Lipinski definition) is 5. The number of aromatic nitrogens is 1. The molecule has 0 radical (unpaired) electrons. The zero-order chi connectivity index (χ0) is 24.3. The number of nitrogens with zero attached hydrogens (tertiary/aromatic N) is 3. The van der Waals surface area contributed by atoms with Crippen molar-refractivity contribution in [1.82, 2.24) is 14.8 Å². The number of alkyl halides is 1. The fourth-order valence-corrected chi connectivity index (χ4v) is 4.85. The summed E-state index contributed by atoms with van der Waals surface area (Å²) in [6, 6.07) is 2.06. The van der Waals surface area contributed by atoms with Crippen LogP contribution in [-0.2, 0) is 17.7 Å². The van der Waals surface area contributed by atoms with E-state index in [4.69, 9.17) is 9.47 Å². The number of pyridine rings is 1. The van der Waals surface area contributed by atoms with Crippen LogP contribution in [0.2, 0.25) is 0 Å². The predicted octanol–water partition coefficient (Wildman–Crippen LogP) is 5.65. The zero-order valence-electron chi connectivity index (χ0n) is 22.0. The Balaban J connectivity index is 0.000000582. The summed E-state index contributed by atoms with van der Waals surface area (Å²) in [6.45, 7) is 19.1. The van der Waals surface area contributed by atoms with Gasteiger partial charge >= 0.3 is 0 Å². The number of likely N-dealkylation sites (tertiary alicyclic amines) is 1. The Morgan fingerprint density at radius 3 is 2.42 bits per heavy atom. The minimum absolute atomic E-state index is 0.233. The minimum atomic E-state index is -0.667. The first-order valence-corrected chi connectivity index (χ1v) is 13.3. The molecule has 0 aliphatic carbocycles. The average molecular weight is 466 g/mol. The van der Waals surface area contributed by atoms with Crippen LogP contribution < -0.4 is 4.74 Å². The molecule has 4 rings (SSSR count). The average Bonchev–Trinajstić information content (AvgIpc) is 3.28. The molecule has 0 saturated carbocycles. The summed E-state index contributed by atoms with van der Waals surface area (Å²) < 4.78 is 23.2. The number of fused-ring (bicyclic) bond motifs is 1. The summed E-state index contributed by atoms with van der Waals surface area (Å²) >= 11 is 0. The van der Waals surface area contributed by atoms with Crippen LogP contribution in [-0.4, -0.2) is 72.0 Å². The van der Waals surface area contributed by atoms with Gasteiger partial charge in [-0.15, -0.1) is 0 Å². The first kappa shape index (κ1) is 28.0. The Bertz CT molecular complexity index is 665. The lowest BCUT2D eigenvalue weighted by Crippen LogP contribution is -2.61. The van der Waals surface area contributed by atoms with Crippen molar-refractivity contribution < 1.29 is 13.9 Å². The molecule has 0 atom stereocenters. The molecule has 33 heavy (non-hydrogen) atoms. The van der Waals surface area contributed by atoms with Gasteiger partial charge in [0.2, 0.25) is 0 Å². The van der Waals surface area contributed by atoms with Crippen molar-refractivity contribution in [2.45, 2.75) is 104 Å². The maximum Gasteiger partial charge on any atom is 0.127 e. The van der Waals surface area contributed by atoms with Gasteiger partial charge in [0.15, 0.2) is 0 Å². The highest BCUT2D eigenvalue weighted by Crippen LogP contribution is 2.35. The Hall–Kier alpha value is -1.24. The lowest BCUT2D eigenvalue weighted by atomic mass is 9.91. The molecule has 5 nitrogen and oxygen atoms in total. The monoisotopic (exact) mass is 465 g/mol. The van der Waals surface area contributed by atoms with Gasteiger partial charge in [-0.3, -0.25) is 14.8 Å². The van der Waals surface area contributed by atoms with Gasteiger partial charge in [-0.25, -0.2) is 4.39 Å². The van der Waals surface area contributed by atoms with Crippen molar-refractivity contribution in [2.75, 3.05) is 39.3 Å². The molecule has 6 heteroatoms. The molecule has 1 aromatic rings. The standard InChI is InChI=1S/C22H35N3O2.C3H7F.C2H6/c1-3-18(4-2)27-21-7-10-23-20-8-13-24(15-19(20)21)11-6-12-25-16-22(17-25)9-5-14-26-22;1-3(2)4;1-2/h7,10,18H,3-6,8-9,11-17H2,1-2H3;3H,1-2H3;1-2H3. The van der Waals surface area contributed by atoms with E-state index in [9.17, 15) is 4.39 Å². The molecule has 4 heterocycles. The van der Waals surface area contributed by atoms with Crippen LogP contribution in [0.3, 0.4) is 0 Å². The Kier molecular flexibility index (Phi) is 12.1. The number of hydrogen-bond donors (Lipinski definition) is 0. The molecule has 3 aliphatic heterocycles. The lowest BCUT2D eigenvalue weighted by Gasteiger charge is -2.47. The highest BCUT2D eigenvalue weighted by molar-refractivity contribution is 5.37. The Morgan fingerprint density at radius 1 is 1.15 bits per heavy atom. The number of rotatable bonds is 8. The van der Waals surface area contributed by atoms with Crippen LogP contribution in [0.4, 0.5) is 4.39 Å². The second-order valence-corrected chi connectivity index (χ2v) is 9.53. The first-order valence-electron chi connectivity index (χ1n) is 13.3. The molecule has 0 unspecified atom stereocenters. The summed E-state index contributed by atoms with van der Waals surface area (Å²) in [5, 5.41) is 0. The van der Waals surface area contributed by atoms with E-state index in [1.807, 2.05) is 20.0 Å². The fraction of sp³-hybridized carbons (Fsp3) is 0.815. The Morgan fingerprint density at radius 2 is 1.82 bits per heavy atom. The highest BCUT2D eigenvalue weighted by atomic mass is 19.1. The van der Waals surface area contributed by atoms with Crippen molar-refractivity contribution in [3.63, 3.8) is 0 Å². The van der Waals surface area contributed by atoms with Gasteiger partial charge in [-0.1, -0.05) is 27.7 Å². The van der Waals surface area contributed by atoms with Gasteiger partial charge in [0.1, 0.15) is 5.75 Å². The van der Waals surface area contributed by atoms with Crippen LogP contribution >= 0.6 is 0 Å². The summed E-state index contributed by atoms with van der Waals surface area (Å²) in [6.07, 6.45) is 8.44. The van der Waals surface area contributed by atoms with Gasteiger partial charge < -0.3 is 9.47 Å². The second-order valence-electron chi connectivity index (χ2n) is 9.53. The molecule has 190 valence electrons. The molecule has 0 aromatic carbocycles. The third kappa shape index (κ3) is 8.48. The van der Waals surface area contributed by atoms with E-state index >= 15 is 0 Å². The molecule has 2 fully saturated rings. The zero-order valence-corrected chi connectivity index (χ0v) is 22.0. The van der Waals surface area contributed by atoms with Gasteiger partial charge in [0, 0.05) is 56.7 Å². The molecule has 1 aromatic heterocycles. The number of halogens is 1. The maximum atomic E-state index is 11.0. The van der Waals surface area contributed by atoms with E-state index < -0.39 is 6.17 Å². The maximum absolute atomic E-state index is 11.0. The van der Waals surface area contributed by atoms with E-state index in [0.29, 0.717) is 6.10 Å². The minimum Gasteiger partial charge on any atom is -0.490 e. The highest BCUT2D eigenvalue weighted by Gasteiger charge is 2.45. The molecule has 1 spiro atoms. The van der Waals surface area contributed by atoms with Gasteiger partial charge in [0.05, 0.1) is 17.9 Å². The van der Waals surface area contributed by atoms with E-state index in [0.717, 1.165) is 64.3 Å². The lowest BCUT2D eigenvalue weighted by molar-refractivity contribution is -0.111. The van der Waals surface area contributed by atoms with Gasteiger partial charge in [-0.2, -0.15) is 0 Å². The quantitative estimate of drug-likeness (QED) is 0.496. The second kappa shape index (κ2) is 14.2. The topological polar surface area (TPSA) is 37.8 Å². The van der Waals surface area contributed by atoms with E-state index in [-0.39, 0.29) is 5.60 Å². The summed E-state index contributed by atoms with van der Waals surface area (Å²) in [5.74, 6) is 1.06. The van der Waals surface area contributed by atoms with Gasteiger partial charge in [0.25, 0.3) is 0 Å². The smallest absolute Gasteiger partial charge is 0.127 e. The molecular weight excluding hydrogens is 417 g/mol. The number of ether oxygens (including phenoxy) is 2. The van der Waals surface area contributed by atoms with Crippen LogP contribution in [0.1, 0.15) is 84.9 Å². The van der Waals surface area contributed by atoms with Crippen molar-refractivity contribution in [2.24, 2.45) is 0 Å². The Labute approximate surface area is 202 Å². The van der Waals surface area contributed by atoms with Crippen LogP contribution in [0.5, 0.6) is 5.75 Å². The third-order valence-corrected chi connectivity index (χ3v) is 6.51. The summed E-state index contributed by atoms with van der Waals surface area (Å²) in [7, 11) is 0. The fourth-order valence-electron chi connectivity index (χ4n) is 4.85. The van der Waals surface area contributed by atoms with Gasteiger partial charge in [-0.05, 0) is 65.1 Å². The predicted molar refractivity (Wildman–Crippen MR) is 135 cm³/mol. The third-order valence-electron chi connectivity index (χ3n) is 6.51. The molecule has 2 saturated heterocycles. The van der Waals surface area contributed by atoms with Crippen molar-refractivity contribution >= 4 is 0 Å².